The average Bonchev–Trinajstić information content (AvgIpc) is 2.82. The van der Waals surface area contributed by atoms with Crippen LogP contribution in [0.3, 0.4) is 0 Å². The number of halogens is 1. The number of hydrogen-bond donors (Lipinski definition) is 0. The van der Waals surface area contributed by atoms with Crippen LogP contribution >= 0.6 is 15.9 Å². The number of aromatic nitrogens is 2. The van der Waals surface area contributed by atoms with Crippen LogP contribution in [0.1, 0.15) is 5.56 Å². The molecule has 0 fully saturated rings. The maximum atomic E-state index is 4.58. The zero-order valence-electron chi connectivity index (χ0n) is 9.88. The lowest BCUT2D eigenvalue weighted by Gasteiger charge is -2.01. The van der Waals surface area contributed by atoms with Crippen LogP contribution in [-0.4, -0.2) is 9.78 Å². The van der Waals surface area contributed by atoms with E-state index >= 15 is 0 Å². The lowest BCUT2D eigenvalue weighted by molar-refractivity contribution is 0.621. The monoisotopic (exact) mass is 300 g/mol. The molecule has 0 aliphatic rings. The summed E-state index contributed by atoms with van der Waals surface area (Å²) in [4.78, 5) is 0. The maximum absolute atomic E-state index is 4.58. The van der Waals surface area contributed by atoms with Crippen molar-refractivity contribution >= 4 is 26.8 Å². The zero-order chi connectivity index (χ0) is 12.4. The van der Waals surface area contributed by atoms with Crippen LogP contribution in [0.4, 0.5) is 0 Å². The first kappa shape index (κ1) is 11.5. The molecular weight excluding hydrogens is 288 g/mol. The van der Waals surface area contributed by atoms with Crippen LogP contribution in [0.5, 0.6) is 0 Å². The first-order valence-electron chi connectivity index (χ1n) is 5.98. The van der Waals surface area contributed by atoms with E-state index in [1.54, 1.807) is 0 Å². The van der Waals surface area contributed by atoms with Gasteiger partial charge in [-0.1, -0.05) is 52.3 Å². The zero-order valence-corrected chi connectivity index (χ0v) is 11.5. The number of hydrogen-bond acceptors (Lipinski definition) is 1. The van der Waals surface area contributed by atoms with Gasteiger partial charge in [-0.05, 0) is 24.1 Å². The van der Waals surface area contributed by atoms with Gasteiger partial charge < -0.3 is 0 Å². The fourth-order valence-electron chi connectivity index (χ4n) is 2.06. The number of benzene rings is 2. The highest BCUT2D eigenvalue weighted by Crippen LogP contribution is 2.22. The Morgan fingerprint density at radius 1 is 1.00 bits per heavy atom. The molecule has 0 spiro atoms. The number of aryl methyl sites for hydroxylation is 2. The first-order valence-corrected chi connectivity index (χ1v) is 6.78. The van der Waals surface area contributed by atoms with Gasteiger partial charge in [-0.15, -0.1) is 0 Å². The Morgan fingerprint density at radius 3 is 2.61 bits per heavy atom. The third kappa shape index (κ3) is 2.31. The van der Waals surface area contributed by atoms with Gasteiger partial charge in [0.2, 0.25) is 0 Å². The minimum atomic E-state index is 0.908. The fraction of sp³-hybridized carbons (Fsp3) is 0.133. The minimum Gasteiger partial charge on any atom is -0.271 e. The van der Waals surface area contributed by atoms with Gasteiger partial charge in [0.1, 0.15) is 0 Å². The molecule has 0 saturated carbocycles. The molecular formula is C15H13BrN2. The lowest BCUT2D eigenvalue weighted by atomic mass is 10.1. The quantitative estimate of drug-likeness (QED) is 0.714. The van der Waals surface area contributed by atoms with E-state index in [1.165, 1.54) is 10.9 Å². The third-order valence-corrected chi connectivity index (χ3v) is 3.71. The second-order valence-electron chi connectivity index (χ2n) is 4.30. The van der Waals surface area contributed by atoms with E-state index in [2.05, 4.69) is 51.5 Å². The molecule has 0 atom stereocenters. The molecule has 18 heavy (non-hydrogen) atoms. The van der Waals surface area contributed by atoms with Crippen LogP contribution in [-0.2, 0) is 13.0 Å². The van der Waals surface area contributed by atoms with Crippen molar-refractivity contribution in [2.45, 2.75) is 13.0 Å². The molecule has 1 aromatic heterocycles. The summed E-state index contributed by atoms with van der Waals surface area (Å²) in [5.41, 5.74) is 2.38. The molecule has 0 N–H and O–H groups in total. The second kappa shape index (κ2) is 4.94. The molecule has 0 bridgehead atoms. The van der Waals surface area contributed by atoms with Gasteiger partial charge in [0.15, 0.2) is 0 Å². The number of nitrogens with zero attached hydrogens (tertiary/aromatic N) is 2. The Labute approximate surface area is 114 Å². The summed E-state index contributed by atoms with van der Waals surface area (Å²) in [7, 11) is 0. The summed E-state index contributed by atoms with van der Waals surface area (Å²) in [6.07, 6.45) is 3.11. The molecule has 3 rings (SSSR count). The van der Waals surface area contributed by atoms with E-state index in [0.717, 1.165) is 23.0 Å². The van der Waals surface area contributed by atoms with E-state index in [9.17, 15) is 0 Å². The normalized spacial score (nSPS) is 10.9. The van der Waals surface area contributed by atoms with Crippen LogP contribution in [0, 0.1) is 0 Å². The predicted octanol–water partition coefficient (Wildman–Crippen LogP) is 4.04. The van der Waals surface area contributed by atoms with Gasteiger partial charge in [-0.3, -0.25) is 4.68 Å². The minimum absolute atomic E-state index is 0.908. The van der Waals surface area contributed by atoms with E-state index in [4.69, 9.17) is 0 Å². The Hall–Kier alpha value is -1.61. The van der Waals surface area contributed by atoms with E-state index in [1.807, 2.05) is 28.9 Å². The Morgan fingerprint density at radius 2 is 1.83 bits per heavy atom. The summed E-state index contributed by atoms with van der Waals surface area (Å²) in [6.45, 7) is 0.908. The van der Waals surface area contributed by atoms with Gasteiger partial charge in [0.05, 0.1) is 5.52 Å². The Kier molecular flexibility index (Phi) is 3.15. The lowest BCUT2D eigenvalue weighted by Crippen LogP contribution is -2.01. The van der Waals surface area contributed by atoms with Gasteiger partial charge in [-0.25, -0.2) is 0 Å². The summed E-state index contributed by atoms with van der Waals surface area (Å²) < 4.78 is 3.12. The molecule has 0 radical (unpaired) electrons. The topological polar surface area (TPSA) is 17.8 Å². The van der Waals surface area contributed by atoms with Crippen molar-refractivity contribution in [3.8, 4) is 0 Å². The molecule has 0 aliphatic heterocycles. The largest absolute Gasteiger partial charge is 0.271 e. The van der Waals surface area contributed by atoms with Crippen LogP contribution in [0.15, 0.2) is 59.2 Å². The van der Waals surface area contributed by atoms with E-state index in [0.29, 0.717) is 0 Å². The molecule has 3 aromatic rings. The number of rotatable bonds is 3. The molecule has 2 nitrogen and oxygen atoms in total. The van der Waals surface area contributed by atoms with Crippen molar-refractivity contribution < 1.29 is 0 Å². The summed E-state index contributed by atoms with van der Waals surface area (Å²) in [6, 6.07) is 16.6. The smallest absolute Gasteiger partial charge is 0.0934 e. The van der Waals surface area contributed by atoms with Crippen LogP contribution < -0.4 is 0 Å². The second-order valence-corrected chi connectivity index (χ2v) is 5.15. The van der Waals surface area contributed by atoms with Gasteiger partial charge >= 0.3 is 0 Å². The highest BCUT2D eigenvalue weighted by Gasteiger charge is 2.03. The Bertz CT molecular complexity index is 659. The van der Waals surface area contributed by atoms with Crippen molar-refractivity contribution in [3.63, 3.8) is 0 Å². The molecule has 0 saturated heterocycles. The summed E-state index contributed by atoms with van der Waals surface area (Å²) in [5.74, 6) is 0. The van der Waals surface area contributed by atoms with Gasteiger partial charge in [-0.2, -0.15) is 5.10 Å². The SMILES string of the molecule is Brc1cccc2nn(CCc3ccccc3)cc12. The molecule has 3 heteroatoms. The highest BCUT2D eigenvalue weighted by molar-refractivity contribution is 9.10. The molecule has 0 amide bonds. The molecule has 0 aliphatic carbocycles. The van der Waals surface area contributed by atoms with E-state index in [-0.39, 0.29) is 0 Å². The molecule has 90 valence electrons. The summed E-state index contributed by atoms with van der Waals surface area (Å²) in [5, 5.41) is 5.75. The number of fused-ring (bicyclic) bond motifs is 1. The van der Waals surface area contributed by atoms with Crippen molar-refractivity contribution in [2.75, 3.05) is 0 Å². The third-order valence-electron chi connectivity index (χ3n) is 3.02. The fourth-order valence-corrected chi connectivity index (χ4v) is 2.52. The van der Waals surface area contributed by atoms with Crippen molar-refractivity contribution in [1.29, 1.82) is 0 Å². The van der Waals surface area contributed by atoms with Crippen LogP contribution in [0.25, 0.3) is 10.9 Å². The maximum Gasteiger partial charge on any atom is 0.0934 e. The molecule has 0 unspecified atom stereocenters. The van der Waals surface area contributed by atoms with Crippen LogP contribution in [0.2, 0.25) is 0 Å². The predicted molar refractivity (Wildman–Crippen MR) is 77.6 cm³/mol. The summed E-state index contributed by atoms with van der Waals surface area (Å²) >= 11 is 3.55. The van der Waals surface area contributed by atoms with Crippen molar-refractivity contribution in [2.24, 2.45) is 0 Å². The standard InChI is InChI=1S/C15H13BrN2/c16-14-7-4-8-15-13(14)11-18(17-15)10-9-12-5-2-1-3-6-12/h1-8,11H,9-10H2. The van der Waals surface area contributed by atoms with Crippen molar-refractivity contribution in [3.05, 3.63) is 64.8 Å². The van der Waals surface area contributed by atoms with E-state index < -0.39 is 0 Å². The van der Waals surface area contributed by atoms with Gasteiger partial charge in [0.25, 0.3) is 0 Å². The van der Waals surface area contributed by atoms with Crippen molar-refractivity contribution in [1.82, 2.24) is 9.78 Å². The first-order chi connectivity index (χ1) is 8.83. The average molecular weight is 301 g/mol. The van der Waals surface area contributed by atoms with Gasteiger partial charge in [0, 0.05) is 22.6 Å². The Balaban J connectivity index is 1.81. The molecule has 1 heterocycles. The molecule has 2 aromatic carbocycles. The highest BCUT2D eigenvalue weighted by atomic mass is 79.9.